The van der Waals surface area contributed by atoms with E-state index in [-0.39, 0.29) is 11.7 Å². The quantitative estimate of drug-likeness (QED) is 0.483. The second-order valence-electron chi connectivity index (χ2n) is 4.45. The van der Waals surface area contributed by atoms with Gasteiger partial charge in [-0.1, -0.05) is 13.3 Å². The predicted octanol–water partition coefficient (Wildman–Crippen LogP) is 3.22. The number of hydrogen-bond acceptors (Lipinski definition) is 4. The van der Waals surface area contributed by atoms with Gasteiger partial charge < -0.3 is 9.15 Å². The van der Waals surface area contributed by atoms with Gasteiger partial charge in [0.25, 0.3) is 0 Å². The van der Waals surface area contributed by atoms with Crippen molar-refractivity contribution in [2.45, 2.75) is 19.8 Å². The molecule has 0 fully saturated rings. The molecule has 5 heteroatoms. The SMILES string of the molecule is CCCCOc1ccc(/C=N/NC(=O)c2ccco2)cc1. The lowest BCUT2D eigenvalue weighted by molar-refractivity contribution is 0.0927. The zero-order chi connectivity index (χ0) is 14.9. The zero-order valence-electron chi connectivity index (χ0n) is 11.9. The average molecular weight is 286 g/mol. The molecule has 0 aliphatic carbocycles. The summed E-state index contributed by atoms with van der Waals surface area (Å²) in [6.45, 7) is 2.85. The summed E-state index contributed by atoms with van der Waals surface area (Å²) < 4.78 is 10.5. The van der Waals surface area contributed by atoms with E-state index in [0.717, 1.165) is 30.8 Å². The number of benzene rings is 1. The number of hydrazone groups is 1. The molecule has 0 saturated carbocycles. The van der Waals surface area contributed by atoms with Crippen LogP contribution in [0.25, 0.3) is 0 Å². The Morgan fingerprint density at radius 2 is 2.14 bits per heavy atom. The minimum atomic E-state index is -0.379. The molecule has 5 nitrogen and oxygen atoms in total. The lowest BCUT2D eigenvalue weighted by Gasteiger charge is -2.04. The van der Waals surface area contributed by atoms with Crippen LogP contribution >= 0.6 is 0 Å². The largest absolute Gasteiger partial charge is 0.494 e. The van der Waals surface area contributed by atoms with E-state index in [4.69, 9.17) is 9.15 Å². The van der Waals surface area contributed by atoms with Gasteiger partial charge in [-0.2, -0.15) is 5.10 Å². The van der Waals surface area contributed by atoms with Crippen LogP contribution in [0.15, 0.2) is 52.2 Å². The lowest BCUT2D eigenvalue weighted by atomic mass is 10.2. The molecule has 1 N–H and O–H groups in total. The Morgan fingerprint density at radius 3 is 2.81 bits per heavy atom. The molecule has 0 bridgehead atoms. The first-order chi connectivity index (χ1) is 10.3. The number of rotatable bonds is 7. The maximum atomic E-state index is 11.6. The van der Waals surface area contributed by atoms with Crippen molar-refractivity contribution in [3.63, 3.8) is 0 Å². The monoisotopic (exact) mass is 286 g/mol. The number of unbranched alkanes of at least 4 members (excludes halogenated alkanes) is 1. The summed E-state index contributed by atoms with van der Waals surface area (Å²) >= 11 is 0. The van der Waals surface area contributed by atoms with Gasteiger partial charge in [-0.05, 0) is 48.4 Å². The third-order valence-corrected chi connectivity index (χ3v) is 2.77. The number of furan rings is 1. The van der Waals surface area contributed by atoms with Crippen molar-refractivity contribution in [1.82, 2.24) is 5.43 Å². The Kier molecular flexibility index (Phi) is 5.58. The van der Waals surface area contributed by atoms with E-state index >= 15 is 0 Å². The Labute approximate surface area is 123 Å². The Balaban J connectivity index is 1.82. The fourth-order valence-electron chi connectivity index (χ4n) is 1.61. The molecule has 1 amide bonds. The van der Waals surface area contributed by atoms with Crippen molar-refractivity contribution in [3.05, 3.63) is 54.0 Å². The van der Waals surface area contributed by atoms with Crippen molar-refractivity contribution >= 4 is 12.1 Å². The van der Waals surface area contributed by atoms with Crippen LogP contribution in [0.3, 0.4) is 0 Å². The molecule has 2 aromatic rings. The summed E-state index contributed by atoms with van der Waals surface area (Å²) in [7, 11) is 0. The van der Waals surface area contributed by atoms with Gasteiger partial charge in [-0.15, -0.1) is 0 Å². The second-order valence-corrected chi connectivity index (χ2v) is 4.45. The summed E-state index contributed by atoms with van der Waals surface area (Å²) in [6.07, 6.45) is 5.16. The summed E-state index contributed by atoms with van der Waals surface area (Å²) in [5, 5.41) is 3.88. The first-order valence-electron chi connectivity index (χ1n) is 6.89. The van der Waals surface area contributed by atoms with Crippen molar-refractivity contribution < 1.29 is 13.9 Å². The molecule has 0 unspecified atom stereocenters. The van der Waals surface area contributed by atoms with E-state index in [1.807, 2.05) is 24.3 Å². The summed E-state index contributed by atoms with van der Waals surface area (Å²) in [5.41, 5.74) is 3.27. The van der Waals surface area contributed by atoms with Gasteiger partial charge in [0.2, 0.25) is 0 Å². The van der Waals surface area contributed by atoms with Crippen LogP contribution in [0.5, 0.6) is 5.75 Å². The number of ether oxygens (including phenoxy) is 1. The van der Waals surface area contributed by atoms with Crippen LogP contribution in [-0.2, 0) is 0 Å². The number of carbonyl (C=O) groups excluding carboxylic acids is 1. The van der Waals surface area contributed by atoms with Crippen LogP contribution in [0.4, 0.5) is 0 Å². The molecule has 1 heterocycles. The standard InChI is InChI=1S/C16H18N2O3/c1-2-3-10-20-14-8-6-13(7-9-14)12-17-18-16(19)15-5-4-11-21-15/h4-9,11-12H,2-3,10H2,1H3,(H,18,19)/b17-12+. The predicted molar refractivity (Wildman–Crippen MR) is 80.6 cm³/mol. The molecule has 0 saturated heterocycles. The van der Waals surface area contributed by atoms with Crippen molar-refractivity contribution in [1.29, 1.82) is 0 Å². The van der Waals surface area contributed by atoms with Crippen LogP contribution in [-0.4, -0.2) is 18.7 Å². The highest BCUT2D eigenvalue weighted by molar-refractivity contribution is 5.92. The van der Waals surface area contributed by atoms with Crippen LogP contribution in [0, 0.1) is 0 Å². The topological polar surface area (TPSA) is 63.8 Å². The summed E-state index contributed by atoms with van der Waals surface area (Å²) in [6, 6.07) is 10.7. The molecule has 21 heavy (non-hydrogen) atoms. The average Bonchev–Trinajstić information content (AvgIpc) is 3.03. The molecular formula is C16H18N2O3. The first kappa shape index (κ1) is 14.8. The van der Waals surface area contributed by atoms with E-state index in [1.54, 1.807) is 18.3 Å². The molecule has 0 aliphatic rings. The molecule has 0 radical (unpaired) electrons. The fourth-order valence-corrected chi connectivity index (χ4v) is 1.61. The van der Waals surface area contributed by atoms with Gasteiger partial charge in [0.05, 0.1) is 19.1 Å². The van der Waals surface area contributed by atoms with Gasteiger partial charge in [-0.3, -0.25) is 4.79 Å². The van der Waals surface area contributed by atoms with E-state index in [2.05, 4.69) is 17.5 Å². The van der Waals surface area contributed by atoms with E-state index in [1.165, 1.54) is 6.26 Å². The number of nitrogens with one attached hydrogen (secondary N) is 1. The fraction of sp³-hybridized carbons (Fsp3) is 0.250. The second kappa shape index (κ2) is 7.89. The highest BCUT2D eigenvalue weighted by Gasteiger charge is 2.05. The highest BCUT2D eigenvalue weighted by atomic mass is 16.5. The van der Waals surface area contributed by atoms with E-state index < -0.39 is 0 Å². The highest BCUT2D eigenvalue weighted by Crippen LogP contribution is 2.11. The number of carbonyl (C=O) groups is 1. The summed E-state index contributed by atoms with van der Waals surface area (Å²) in [5.74, 6) is 0.683. The molecule has 110 valence electrons. The number of amides is 1. The third kappa shape index (κ3) is 4.80. The molecule has 0 spiro atoms. The van der Waals surface area contributed by atoms with Crippen molar-refractivity contribution in [3.8, 4) is 5.75 Å². The normalized spacial score (nSPS) is 10.7. The minimum Gasteiger partial charge on any atom is -0.494 e. The van der Waals surface area contributed by atoms with Crippen LogP contribution in [0.1, 0.15) is 35.9 Å². The molecule has 0 atom stereocenters. The third-order valence-electron chi connectivity index (χ3n) is 2.77. The Bertz CT molecular complexity index is 574. The van der Waals surface area contributed by atoms with E-state index in [9.17, 15) is 4.79 Å². The molecule has 2 rings (SSSR count). The lowest BCUT2D eigenvalue weighted by Crippen LogP contribution is -2.16. The smallest absolute Gasteiger partial charge is 0.307 e. The zero-order valence-corrected chi connectivity index (χ0v) is 11.9. The molecule has 0 aliphatic heterocycles. The Morgan fingerprint density at radius 1 is 1.33 bits per heavy atom. The maximum absolute atomic E-state index is 11.6. The van der Waals surface area contributed by atoms with Gasteiger partial charge in [0.15, 0.2) is 5.76 Å². The maximum Gasteiger partial charge on any atom is 0.307 e. The molecular weight excluding hydrogens is 268 g/mol. The van der Waals surface area contributed by atoms with Gasteiger partial charge in [0.1, 0.15) is 5.75 Å². The molecule has 1 aromatic heterocycles. The molecule has 1 aromatic carbocycles. The number of hydrogen-bond donors (Lipinski definition) is 1. The van der Waals surface area contributed by atoms with Gasteiger partial charge in [-0.25, -0.2) is 5.43 Å². The minimum absolute atomic E-state index is 0.229. The Hall–Kier alpha value is -2.56. The van der Waals surface area contributed by atoms with Crippen molar-refractivity contribution in [2.24, 2.45) is 5.10 Å². The number of nitrogens with zero attached hydrogens (tertiary/aromatic N) is 1. The van der Waals surface area contributed by atoms with Gasteiger partial charge >= 0.3 is 5.91 Å². The van der Waals surface area contributed by atoms with Crippen molar-refractivity contribution in [2.75, 3.05) is 6.61 Å². The summed E-state index contributed by atoms with van der Waals surface area (Å²) in [4.78, 5) is 11.6. The first-order valence-corrected chi connectivity index (χ1v) is 6.89. The van der Waals surface area contributed by atoms with Crippen LogP contribution < -0.4 is 10.2 Å². The van der Waals surface area contributed by atoms with Gasteiger partial charge in [0, 0.05) is 0 Å². The van der Waals surface area contributed by atoms with Crippen LogP contribution in [0.2, 0.25) is 0 Å². The van der Waals surface area contributed by atoms with E-state index in [0.29, 0.717) is 0 Å².